The van der Waals surface area contributed by atoms with Crippen LogP contribution in [0.3, 0.4) is 0 Å². The van der Waals surface area contributed by atoms with Gasteiger partial charge in [0.1, 0.15) is 0 Å². The van der Waals surface area contributed by atoms with Crippen molar-refractivity contribution in [2.24, 2.45) is 0 Å². The SMILES string of the molecule is O=C(O)CNC1CS(=O)(=O)c2ccccc21. The quantitative estimate of drug-likeness (QED) is 0.789. The molecule has 1 aromatic carbocycles. The minimum Gasteiger partial charge on any atom is -0.480 e. The lowest BCUT2D eigenvalue weighted by Crippen LogP contribution is -2.28. The van der Waals surface area contributed by atoms with Crippen LogP contribution in [-0.4, -0.2) is 31.8 Å². The molecule has 1 aromatic rings. The molecule has 0 bridgehead atoms. The summed E-state index contributed by atoms with van der Waals surface area (Å²) in [5.41, 5.74) is 0.656. The number of carbonyl (C=O) groups is 1. The molecule has 1 heterocycles. The van der Waals surface area contributed by atoms with Gasteiger partial charge in [-0.05, 0) is 11.6 Å². The van der Waals surface area contributed by atoms with Crippen molar-refractivity contribution in [1.29, 1.82) is 0 Å². The van der Waals surface area contributed by atoms with E-state index in [4.69, 9.17) is 5.11 Å². The van der Waals surface area contributed by atoms with Gasteiger partial charge in [0.25, 0.3) is 0 Å². The Bertz CT molecular complexity index is 523. The number of fused-ring (bicyclic) bond motifs is 1. The molecule has 1 unspecified atom stereocenters. The molecule has 0 fully saturated rings. The van der Waals surface area contributed by atoms with Gasteiger partial charge >= 0.3 is 5.97 Å². The van der Waals surface area contributed by atoms with Crippen LogP contribution in [0.1, 0.15) is 11.6 Å². The summed E-state index contributed by atoms with van der Waals surface area (Å²) in [5, 5.41) is 11.3. The maximum Gasteiger partial charge on any atom is 0.317 e. The summed E-state index contributed by atoms with van der Waals surface area (Å²) >= 11 is 0. The monoisotopic (exact) mass is 241 g/mol. The minimum atomic E-state index is -3.26. The third kappa shape index (κ3) is 1.94. The first-order valence-electron chi connectivity index (χ1n) is 4.77. The Labute approximate surface area is 93.0 Å². The number of rotatable bonds is 3. The Kier molecular flexibility index (Phi) is 2.69. The van der Waals surface area contributed by atoms with Gasteiger partial charge < -0.3 is 5.11 Å². The van der Waals surface area contributed by atoms with Crippen LogP contribution >= 0.6 is 0 Å². The Morgan fingerprint density at radius 2 is 2.12 bits per heavy atom. The number of hydrogen-bond donors (Lipinski definition) is 2. The normalized spacial score (nSPS) is 21.6. The van der Waals surface area contributed by atoms with Crippen molar-refractivity contribution < 1.29 is 18.3 Å². The summed E-state index contributed by atoms with van der Waals surface area (Å²) in [6.07, 6.45) is 0. The fourth-order valence-electron chi connectivity index (χ4n) is 1.83. The predicted molar refractivity (Wildman–Crippen MR) is 56.9 cm³/mol. The molecular weight excluding hydrogens is 230 g/mol. The van der Waals surface area contributed by atoms with Gasteiger partial charge in [-0.25, -0.2) is 8.42 Å². The lowest BCUT2D eigenvalue weighted by atomic mass is 10.1. The highest BCUT2D eigenvalue weighted by Gasteiger charge is 2.34. The molecule has 16 heavy (non-hydrogen) atoms. The average molecular weight is 241 g/mol. The van der Waals surface area contributed by atoms with E-state index < -0.39 is 21.8 Å². The highest BCUT2D eigenvalue weighted by atomic mass is 32.2. The van der Waals surface area contributed by atoms with Crippen LogP contribution < -0.4 is 5.32 Å². The lowest BCUT2D eigenvalue weighted by molar-refractivity contribution is -0.136. The molecule has 2 rings (SSSR count). The van der Waals surface area contributed by atoms with E-state index in [1.54, 1.807) is 24.3 Å². The first kappa shape index (κ1) is 11.1. The van der Waals surface area contributed by atoms with Crippen molar-refractivity contribution in [1.82, 2.24) is 5.32 Å². The Hall–Kier alpha value is -1.40. The largest absolute Gasteiger partial charge is 0.480 e. The summed E-state index contributed by atoms with van der Waals surface area (Å²) < 4.78 is 23.4. The van der Waals surface area contributed by atoms with Gasteiger partial charge in [-0.2, -0.15) is 0 Å². The zero-order valence-electron chi connectivity index (χ0n) is 8.38. The van der Waals surface area contributed by atoms with Crippen molar-refractivity contribution in [3.8, 4) is 0 Å². The summed E-state index contributed by atoms with van der Waals surface area (Å²) in [4.78, 5) is 10.7. The molecule has 0 aromatic heterocycles. The molecule has 0 saturated carbocycles. The Balaban J connectivity index is 2.30. The van der Waals surface area contributed by atoms with Crippen LogP contribution in [0.2, 0.25) is 0 Å². The average Bonchev–Trinajstić information content (AvgIpc) is 2.49. The van der Waals surface area contributed by atoms with E-state index in [1.165, 1.54) is 0 Å². The van der Waals surface area contributed by atoms with Crippen LogP contribution in [0.25, 0.3) is 0 Å². The fraction of sp³-hybridized carbons (Fsp3) is 0.300. The van der Waals surface area contributed by atoms with E-state index in [0.29, 0.717) is 10.5 Å². The molecule has 0 aliphatic carbocycles. The molecule has 5 nitrogen and oxygen atoms in total. The van der Waals surface area contributed by atoms with Crippen LogP contribution in [0, 0.1) is 0 Å². The molecule has 2 N–H and O–H groups in total. The van der Waals surface area contributed by atoms with Crippen LogP contribution in [0.15, 0.2) is 29.2 Å². The van der Waals surface area contributed by atoms with E-state index >= 15 is 0 Å². The maximum absolute atomic E-state index is 11.7. The molecule has 1 aliphatic rings. The van der Waals surface area contributed by atoms with Crippen molar-refractivity contribution >= 4 is 15.8 Å². The van der Waals surface area contributed by atoms with E-state index in [9.17, 15) is 13.2 Å². The topological polar surface area (TPSA) is 83.5 Å². The van der Waals surface area contributed by atoms with Gasteiger partial charge in [0, 0.05) is 6.04 Å². The van der Waals surface area contributed by atoms with Crippen molar-refractivity contribution in [3.63, 3.8) is 0 Å². The molecule has 1 aliphatic heterocycles. The summed E-state index contributed by atoms with van der Waals surface area (Å²) in [6, 6.07) is 6.25. The minimum absolute atomic E-state index is 0.0698. The summed E-state index contributed by atoms with van der Waals surface area (Å²) in [7, 11) is -3.26. The van der Waals surface area contributed by atoms with E-state index in [1.807, 2.05) is 0 Å². The third-order valence-electron chi connectivity index (χ3n) is 2.52. The molecule has 6 heteroatoms. The molecule has 0 spiro atoms. The number of aliphatic carboxylic acids is 1. The molecule has 0 amide bonds. The number of carboxylic acids is 1. The highest BCUT2D eigenvalue weighted by molar-refractivity contribution is 7.91. The number of nitrogens with one attached hydrogen (secondary N) is 1. The number of benzene rings is 1. The van der Waals surface area contributed by atoms with Crippen molar-refractivity contribution in [2.45, 2.75) is 10.9 Å². The second-order valence-corrected chi connectivity index (χ2v) is 5.65. The van der Waals surface area contributed by atoms with E-state index in [0.717, 1.165) is 0 Å². The molecule has 0 saturated heterocycles. The first-order chi connectivity index (χ1) is 7.50. The molecule has 86 valence electrons. The van der Waals surface area contributed by atoms with Gasteiger partial charge in [-0.15, -0.1) is 0 Å². The molecular formula is C10H11NO4S. The van der Waals surface area contributed by atoms with Crippen LogP contribution in [0.4, 0.5) is 0 Å². The van der Waals surface area contributed by atoms with Crippen LogP contribution in [0.5, 0.6) is 0 Å². The number of carboxylic acid groups (broad SMARTS) is 1. The van der Waals surface area contributed by atoms with Gasteiger partial charge in [-0.1, -0.05) is 18.2 Å². The molecule has 0 radical (unpaired) electrons. The highest BCUT2D eigenvalue weighted by Crippen LogP contribution is 2.32. The van der Waals surface area contributed by atoms with Crippen LogP contribution in [-0.2, 0) is 14.6 Å². The van der Waals surface area contributed by atoms with Gasteiger partial charge in [0.2, 0.25) is 0 Å². The molecule has 1 atom stereocenters. The van der Waals surface area contributed by atoms with Crippen molar-refractivity contribution in [3.05, 3.63) is 29.8 Å². The van der Waals surface area contributed by atoms with Gasteiger partial charge in [0.15, 0.2) is 9.84 Å². The van der Waals surface area contributed by atoms with Gasteiger partial charge in [-0.3, -0.25) is 10.1 Å². The maximum atomic E-state index is 11.7. The Morgan fingerprint density at radius 1 is 1.44 bits per heavy atom. The fourth-order valence-corrected chi connectivity index (χ4v) is 3.60. The van der Waals surface area contributed by atoms with Crippen molar-refractivity contribution in [2.75, 3.05) is 12.3 Å². The lowest BCUT2D eigenvalue weighted by Gasteiger charge is -2.09. The second-order valence-electron chi connectivity index (χ2n) is 3.65. The second kappa shape index (κ2) is 3.88. The number of sulfone groups is 1. The standard InChI is InChI=1S/C10H11NO4S/c12-10(13)5-11-8-6-16(14,15)9-4-2-1-3-7(8)9/h1-4,8,11H,5-6H2,(H,12,13). The van der Waals surface area contributed by atoms with E-state index in [-0.39, 0.29) is 12.3 Å². The predicted octanol–water partition coefficient (Wildman–Crippen LogP) is 0.189. The summed E-state index contributed by atoms with van der Waals surface area (Å²) in [6.45, 7) is -0.242. The Morgan fingerprint density at radius 3 is 2.81 bits per heavy atom. The summed E-state index contributed by atoms with van der Waals surface area (Å²) in [5.74, 6) is -1.07. The number of hydrogen-bond acceptors (Lipinski definition) is 4. The zero-order valence-corrected chi connectivity index (χ0v) is 9.20. The smallest absolute Gasteiger partial charge is 0.317 e. The zero-order chi connectivity index (χ0) is 11.8. The first-order valence-corrected chi connectivity index (χ1v) is 6.43. The third-order valence-corrected chi connectivity index (χ3v) is 4.33. The van der Waals surface area contributed by atoms with E-state index in [2.05, 4.69) is 5.32 Å². The van der Waals surface area contributed by atoms with Gasteiger partial charge in [0.05, 0.1) is 17.2 Å².